The third-order valence-electron chi connectivity index (χ3n) is 1.22. The van der Waals surface area contributed by atoms with E-state index < -0.39 is 0 Å². The molecule has 0 spiro atoms. The van der Waals surface area contributed by atoms with Gasteiger partial charge in [-0.05, 0) is 5.92 Å². The predicted octanol–water partition coefficient (Wildman–Crippen LogP) is 0.361. The minimum absolute atomic E-state index is 0.283. The van der Waals surface area contributed by atoms with Crippen molar-refractivity contribution in [2.75, 3.05) is 0 Å². The third kappa shape index (κ3) is 1.94. The number of aromatic nitrogens is 2. The predicted molar refractivity (Wildman–Crippen MR) is 40.8 cm³/mol. The molecule has 3 nitrogen and oxygen atoms in total. The van der Waals surface area contributed by atoms with Gasteiger partial charge < -0.3 is 9.36 Å². The van der Waals surface area contributed by atoms with Gasteiger partial charge in [-0.3, -0.25) is 0 Å². The fourth-order valence-corrected chi connectivity index (χ4v) is 0.661. The van der Waals surface area contributed by atoms with E-state index in [9.17, 15) is 4.79 Å². The van der Waals surface area contributed by atoms with E-state index in [2.05, 4.69) is 16.8 Å². The van der Waals surface area contributed by atoms with Crippen molar-refractivity contribution < 1.29 is 4.79 Å². The molecule has 1 heterocycles. The fourth-order valence-electron chi connectivity index (χ4n) is 0.661. The van der Waals surface area contributed by atoms with Gasteiger partial charge in [-0.1, -0.05) is 5.92 Å². The molecule has 0 unspecified atom stereocenters. The molecule has 0 aliphatic rings. The molecule has 3 heteroatoms. The first-order valence-electron chi connectivity index (χ1n) is 3.23. The number of rotatable bonds is 1. The second-order valence-electron chi connectivity index (χ2n) is 2.06. The lowest BCUT2D eigenvalue weighted by Gasteiger charge is -1.88. The molecule has 1 aromatic rings. The molecule has 0 aromatic carbocycles. The zero-order valence-corrected chi connectivity index (χ0v) is 6.24. The number of nitrogens with zero attached hydrogens (tertiary/aromatic N) is 2. The lowest BCUT2D eigenvalue weighted by atomic mass is 10.4. The summed E-state index contributed by atoms with van der Waals surface area (Å²) in [6.45, 7) is 0. The number of hydrogen-bond donors (Lipinski definition) is 0. The molecule has 1 aromatic heterocycles. The number of aryl methyl sites for hydroxylation is 1. The van der Waals surface area contributed by atoms with Crippen LogP contribution in [-0.4, -0.2) is 15.8 Å². The number of carbonyl (C=O) groups excluding carboxylic acids is 1. The van der Waals surface area contributed by atoms with Gasteiger partial charge in [-0.15, -0.1) is 0 Å². The van der Waals surface area contributed by atoms with Gasteiger partial charge in [0.2, 0.25) is 0 Å². The maximum atomic E-state index is 9.89. The first kappa shape index (κ1) is 7.55. The fraction of sp³-hybridized carbons (Fsp3) is 0.250. The Labute approximate surface area is 65.1 Å². The summed E-state index contributed by atoms with van der Waals surface area (Å²) in [6, 6.07) is 0. The monoisotopic (exact) mass is 148 g/mol. The summed E-state index contributed by atoms with van der Waals surface area (Å²) < 4.78 is 1.80. The average molecular weight is 148 g/mol. The highest BCUT2D eigenvalue weighted by molar-refractivity contribution is 5.54. The summed E-state index contributed by atoms with van der Waals surface area (Å²) in [6.07, 6.45) is 4.40. The molecule has 0 amide bonds. The van der Waals surface area contributed by atoms with Gasteiger partial charge in [0.15, 0.2) is 0 Å². The summed E-state index contributed by atoms with van der Waals surface area (Å²) in [5, 5.41) is 0. The van der Waals surface area contributed by atoms with E-state index in [1.807, 2.05) is 7.05 Å². The van der Waals surface area contributed by atoms with Crippen molar-refractivity contribution in [3.05, 3.63) is 18.2 Å². The molecule has 0 radical (unpaired) electrons. The molecule has 0 fully saturated rings. The summed E-state index contributed by atoms with van der Waals surface area (Å²) in [5.41, 5.74) is 0.826. The molecule has 11 heavy (non-hydrogen) atoms. The molecular weight excluding hydrogens is 140 g/mol. The highest BCUT2D eigenvalue weighted by atomic mass is 16.1. The molecule has 0 saturated carbocycles. The van der Waals surface area contributed by atoms with Crippen molar-refractivity contribution in [3.8, 4) is 11.8 Å². The van der Waals surface area contributed by atoms with Crippen LogP contribution in [0.15, 0.2) is 12.5 Å². The maximum Gasteiger partial charge on any atom is 0.131 e. The van der Waals surface area contributed by atoms with Crippen molar-refractivity contribution in [1.29, 1.82) is 0 Å². The SMILES string of the molecule is Cn1cncc1C#CCC=O. The van der Waals surface area contributed by atoms with E-state index in [1.165, 1.54) is 0 Å². The maximum absolute atomic E-state index is 9.89. The van der Waals surface area contributed by atoms with E-state index in [4.69, 9.17) is 0 Å². The van der Waals surface area contributed by atoms with Gasteiger partial charge in [0.25, 0.3) is 0 Å². The van der Waals surface area contributed by atoms with Crippen molar-refractivity contribution >= 4 is 6.29 Å². The quantitative estimate of drug-likeness (QED) is 0.425. The second-order valence-corrected chi connectivity index (χ2v) is 2.06. The zero-order chi connectivity index (χ0) is 8.10. The van der Waals surface area contributed by atoms with Crippen LogP contribution in [0.1, 0.15) is 12.1 Å². The number of carbonyl (C=O) groups is 1. The van der Waals surface area contributed by atoms with Gasteiger partial charge in [0, 0.05) is 7.05 Å². The van der Waals surface area contributed by atoms with Crippen LogP contribution in [0.25, 0.3) is 0 Å². The Kier molecular flexibility index (Phi) is 2.45. The molecular formula is C8H8N2O. The van der Waals surface area contributed by atoms with E-state index in [0.29, 0.717) is 0 Å². The van der Waals surface area contributed by atoms with E-state index in [0.717, 1.165) is 12.0 Å². The third-order valence-corrected chi connectivity index (χ3v) is 1.22. The van der Waals surface area contributed by atoms with Crippen LogP contribution in [0.4, 0.5) is 0 Å². The van der Waals surface area contributed by atoms with Gasteiger partial charge in [-0.25, -0.2) is 4.98 Å². The average Bonchev–Trinajstić information content (AvgIpc) is 2.37. The van der Waals surface area contributed by atoms with Crippen molar-refractivity contribution in [2.24, 2.45) is 7.05 Å². The lowest BCUT2D eigenvalue weighted by Crippen LogP contribution is -1.87. The molecule has 0 aliphatic carbocycles. The normalized spacial score (nSPS) is 8.45. The summed E-state index contributed by atoms with van der Waals surface area (Å²) in [5.74, 6) is 5.51. The van der Waals surface area contributed by atoms with E-state index >= 15 is 0 Å². The highest BCUT2D eigenvalue weighted by Gasteiger charge is 1.89. The van der Waals surface area contributed by atoms with Crippen LogP contribution >= 0.6 is 0 Å². The smallest absolute Gasteiger partial charge is 0.131 e. The largest absolute Gasteiger partial charge is 0.327 e. The van der Waals surface area contributed by atoms with Crippen molar-refractivity contribution in [3.63, 3.8) is 0 Å². The zero-order valence-electron chi connectivity index (χ0n) is 6.24. The molecule has 56 valence electrons. The van der Waals surface area contributed by atoms with Crippen LogP contribution in [0.5, 0.6) is 0 Å². The van der Waals surface area contributed by atoms with Crippen LogP contribution in [-0.2, 0) is 11.8 Å². The number of aldehydes is 1. The molecule has 0 atom stereocenters. The van der Waals surface area contributed by atoms with Crippen LogP contribution < -0.4 is 0 Å². The van der Waals surface area contributed by atoms with Gasteiger partial charge in [-0.2, -0.15) is 0 Å². The van der Waals surface area contributed by atoms with Crippen LogP contribution in [0.2, 0.25) is 0 Å². The summed E-state index contributed by atoms with van der Waals surface area (Å²) in [4.78, 5) is 13.8. The molecule has 1 rings (SSSR count). The van der Waals surface area contributed by atoms with Crippen LogP contribution in [0, 0.1) is 11.8 Å². The summed E-state index contributed by atoms with van der Waals surface area (Å²) in [7, 11) is 1.86. The Morgan fingerprint density at radius 3 is 3.18 bits per heavy atom. The van der Waals surface area contributed by atoms with Gasteiger partial charge >= 0.3 is 0 Å². The van der Waals surface area contributed by atoms with Crippen LogP contribution in [0.3, 0.4) is 0 Å². The highest BCUT2D eigenvalue weighted by Crippen LogP contribution is 1.91. The first-order chi connectivity index (χ1) is 5.34. The molecule has 0 N–H and O–H groups in total. The minimum Gasteiger partial charge on any atom is -0.327 e. The van der Waals surface area contributed by atoms with E-state index in [1.54, 1.807) is 17.1 Å². The first-order valence-corrected chi connectivity index (χ1v) is 3.23. The molecule has 0 aliphatic heterocycles. The minimum atomic E-state index is 0.283. The standard InChI is InChI=1S/C8H8N2O/c1-10-7-9-6-8(10)4-2-3-5-11/h5-7H,3H2,1H3. The summed E-state index contributed by atoms with van der Waals surface area (Å²) >= 11 is 0. The second kappa shape index (κ2) is 3.57. The van der Waals surface area contributed by atoms with Crippen molar-refractivity contribution in [2.45, 2.75) is 6.42 Å². The Morgan fingerprint density at radius 1 is 1.82 bits per heavy atom. The van der Waals surface area contributed by atoms with Gasteiger partial charge in [0.05, 0.1) is 18.9 Å². The Balaban J connectivity index is 2.72. The Morgan fingerprint density at radius 2 is 2.64 bits per heavy atom. The Hall–Kier alpha value is -1.56. The topological polar surface area (TPSA) is 34.9 Å². The lowest BCUT2D eigenvalue weighted by molar-refractivity contribution is -0.107. The Bertz CT molecular complexity index is 303. The number of imidazole rings is 1. The van der Waals surface area contributed by atoms with Gasteiger partial charge in [0.1, 0.15) is 12.0 Å². The molecule has 0 saturated heterocycles. The van der Waals surface area contributed by atoms with E-state index in [-0.39, 0.29) is 6.42 Å². The van der Waals surface area contributed by atoms with Crippen molar-refractivity contribution in [1.82, 2.24) is 9.55 Å². The number of hydrogen-bond acceptors (Lipinski definition) is 2. The molecule has 0 bridgehead atoms.